The summed E-state index contributed by atoms with van der Waals surface area (Å²) in [5, 5.41) is 13.3. The molecule has 1 rings (SSSR count). The first-order valence-electron chi connectivity index (χ1n) is 4.71. The molecule has 0 aliphatic carbocycles. The van der Waals surface area contributed by atoms with Gasteiger partial charge in [0.1, 0.15) is 0 Å². The van der Waals surface area contributed by atoms with Gasteiger partial charge in [0.05, 0.1) is 6.10 Å². The molecule has 2 nitrogen and oxygen atoms in total. The maximum Gasteiger partial charge on any atom is 0.0578 e. The van der Waals surface area contributed by atoms with Crippen LogP contribution in [0.5, 0.6) is 0 Å². The molecule has 0 heterocycles. The molecule has 0 bridgehead atoms. The topological polar surface area (TPSA) is 32.3 Å². The van der Waals surface area contributed by atoms with Crippen molar-refractivity contribution in [2.75, 3.05) is 12.4 Å². The Morgan fingerprint density at radius 1 is 1.36 bits per heavy atom. The lowest BCUT2D eigenvalue weighted by atomic mass is 9.95. The highest BCUT2D eigenvalue weighted by atomic mass is 35.5. The molecule has 1 aromatic carbocycles. The second-order valence-corrected chi connectivity index (χ2v) is 3.95. The van der Waals surface area contributed by atoms with E-state index in [1.807, 2.05) is 32.2 Å². The third-order valence-corrected chi connectivity index (χ3v) is 2.73. The van der Waals surface area contributed by atoms with Crippen molar-refractivity contribution in [2.24, 2.45) is 0 Å². The lowest BCUT2D eigenvalue weighted by Crippen LogP contribution is -2.12. The zero-order valence-corrected chi connectivity index (χ0v) is 9.47. The molecule has 78 valence electrons. The zero-order valence-electron chi connectivity index (χ0n) is 8.71. The molecule has 0 spiro atoms. The first kappa shape index (κ1) is 11.3. The van der Waals surface area contributed by atoms with Crippen molar-refractivity contribution < 1.29 is 5.11 Å². The van der Waals surface area contributed by atoms with E-state index in [0.717, 1.165) is 11.3 Å². The Kier molecular flexibility index (Phi) is 3.78. The summed E-state index contributed by atoms with van der Waals surface area (Å²) in [5.41, 5.74) is 2.07. The molecule has 0 amide bonds. The normalized spacial score (nSPS) is 14.9. The van der Waals surface area contributed by atoms with Gasteiger partial charge in [0, 0.05) is 23.7 Å². The van der Waals surface area contributed by atoms with Crippen LogP contribution in [0.4, 0.5) is 5.69 Å². The van der Waals surface area contributed by atoms with Crippen LogP contribution in [0.1, 0.15) is 25.3 Å². The van der Waals surface area contributed by atoms with E-state index in [9.17, 15) is 5.11 Å². The Balaban J connectivity index is 3.07. The third kappa shape index (κ3) is 2.40. The molecule has 0 saturated heterocycles. The lowest BCUT2D eigenvalue weighted by Gasteiger charge is -2.18. The molecule has 0 saturated carbocycles. The van der Waals surface area contributed by atoms with Crippen LogP contribution in [0.25, 0.3) is 0 Å². The van der Waals surface area contributed by atoms with Crippen molar-refractivity contribution in [2.45, 2.75) is 25.9 Å². The van der Waals surface area contributed by atoms with Gasteiger partial charge in [0.2, 0.25) is 0 Å². The number of aliphatic hydroxyl groups is 1. The third-order valence-electron chi connectivity index (χ3n) is 2.50. The number of halogens is 1. The first-order valence-corrected chi connectivity index (χ1v) is 5.09. The van der Waals surface area contributed by atoms with E-state index >= 15 is 0 Å². The molecule has 1 aromatic rings. The Hall–Kier alpha value is -0.730. The second-order valence-electron chi connectivity index (χ2n) is 3.51. The molecule has 1 unspecified atom stereocenters. The molecule has 0 radical (unpaired) electrons. The predicted octanol–water partition coefficient (Wildman–Crippen LogP) is 2.87. The minimum Gasteiger partial charge on any atom is -0.393 e. The van der Waals surface area contributed by atoms with E-state index in [1.165, 1.54) is 0 Å². The summed E-state index contributed by atoms with van der Waals surface area (Å²) >= 11 is 5.88. The summed E-state index contributed by atoms with van der Waals surface area (Å²) in [5.74, 6) is 0.106. The van der Waals surface area contributed by atoms with Gasteiger partial charge >= 0.3 is 0 Å². The molecule has 0 aromatic heterocycles. The molecular formula is C11H16ClNO. The molecule has 0 aliphatic heterocycles. The van der Waals surface area contributed by atoms with Gasteiger partial charge in [-0.1, -0.05) is 24.6 Å². The molecule has 0 fully saturated rings. The van der Waals surface area contributed by atoms with Gasteiger partial charge in [-0.15, -0.1) is 0 Å². The average molecular weight is 214 g/mol. The van der Waals surface area contributed by atoms with Crippen molar-refractivity contribution >= 4 is 17.3 Å². The van der Waals surface area contributed by atoms with Crippen LogP contribution in [0.3, 0.4) is 0 Å². The number of hydrogen-bond donors (Lipinski definition) is 2. The highest BCUT2D eigenvalue weighted by molar-refractivity contribution is 6.30. The van der Waals surface area contributed by atoms with Crippen LogP contribution in [0.2, 0.25) is 5.02 Å². The van der Waals surface area contributed by atoms with Crippen LogP contribution in [-0.4, -0.2) is 18.3 Å². The number of rotatable bonds is 3. The van der Waals surface area contributed by atoms with E-state index in [1.54, 1.807) is 6.92 Å². The van der Waals surface area contributed by atoms with Crippen molar-refractivity contribution in [1.29, 1.82) is 0 Å². The Bertz CT molecular complexity index is 312. The fourth-order valence-electron chi connectivity index (χ4n) is 1.40. The first-order chi connectivity index (χ1) is 6.56. The number of anilines is 1. The summed E-state index contributed by atoms with van der Waals surface area (Å²) in [4.78, 5) is 0. The second kappa shape index (κ2) is 4.67. The molecule has 0 aliphatic rings. The number of nitrogens with one attached hydrogen (secondary N) is 1. The largest absolute Gasteiger partial charge is 0.393 e. The summed E-state index contributed by atoms with van der Waals surface area (Å²) < 4.78 is 0. The van der Waals surface area contributed by atoms with Crippen LogP contribution >= 0.6 is 11.6 Å². The van der Waals surface area contributed by atoms with Crippen molar-refractivity contribution in [1.82, 2.24) is 0 Å². The highest BCUT2D eigenvalue weighted by Crippen LogP contribution is 2.29. The van der Waals surface area contributed by atoms with Crippen molar-refractivity contribution in [3.05, 3.63) is 28.8 Å². The van der Waals surface area contributed by atoms with Gasteiger partial charge in [0.25, 0.3) is 0 Å². The minimum absolute atomic E-state index is 0.106. The van der Waals surface area contributed by atoms with Gasteiger partial charge in [-0.3, -0.25) is 0 Å². The van der Waals surface area contributed by atoms with Crippen LogP contribution in [0.15, 0.2) is 18.2 Å². The summed E-state index contributed by atoms with van der Waals surface area (Å²) in [6.45, 7) is 3.79. The SMILES string of the molecule is CNc1cc(Cl)ccc1[C@H](C)C(C)O. The fraction of sp³-hybridized carbons (Fsp3) is 0.455. The maximum absolute atomic E-state index is 9.50. The van der Waals surface area contributed by atoms with E-state index < -0.39 is 0 Å². The van der Waals surface area contributed by atoms with E-state index in [-0.39, 0.29) is 12.0 Å². The van der Waals surface area contributed by atoms with Gasteiger partial charge in [-0.2, -0.15) is 0 Å². The molecule has 3 heteroatoms. The van der Waals surface area contributed by atoms with Gasteiger partial charge in [0.15, 0.2) is 0 Å². The van der Waals surface area contributed by atoms with Crippen LogP contribution in [-0.2, 0) is 0 Å². The molecule has 2 N–H and O–H groups in total. The monoisotopic (exact) mass is 213 g/mol. The standard InChI is InChI=1S/C11H16ClNO/c1-7(8(2)14)10-5-4-9(12)6-11(10)13-3/h4-8,13-14H,1-3H3/t7-,8?/m1/s1. The highest BCUT2D eigenvalue weighted by Gasteiger charge is 2.14. The van der Waals surface area contributed by atoms with Crippen molar-refractivity contribution in [3.8, 4) is 0 Å². The summed E-state index contributed by atoms with van der Waals surface area (Å²) in [7, 11) is 1.85. The number of benzene rings is 1. The molecule has 2 atom stereocenters. The maximum atomic E-state index is 9.50. The predicted molar refractivity (Wildman–Crippen MR) is 61.1 cm³/mol. The van der Waals surface area contributed by atoms with E-state index in [0.29, 0.717) is 5.02 Å². The number of hydrogen-bond acceptors (Lipinski definition) is 2. The number of aliphatic hydroxyl groups excluding tert-OH is 1. The van der Waals surface area contributed by atoms with Gasteiger partial charge in [-0.05, 0) is 24.6 Å². The van der Waals surface area contributed by atoms with E-state index in [2.05, 4.69) is 5.32 Å². The molecular weight excluding hydrogens is 198 g/mol. The Morgan fingerprint density at radius 2 is 2.00 bits per heavy atom. The lowest BCUT2D eigenvalue weighted by molar-refractivity contribution is 0.169. The fourth-order valence-corrected chi connectivity index (χ4v) is 1.57. The van der Waals surface area contributed by atoms with Crippen molar-refractivity contribution in [3.63, 3.8) is 0 Å². The Morgan fingerprint density at radius 3 is 2.50 bits per heavy atom. The zero-order chi connectivity index (χ0) is 10.7. The minimum atomic E-state index is -0.358. The van der Waals surface area contributed by atoms with Crippen LogP contribution < -0.4 is 5.32 Å². The summed E-state index contributed by atoms with van der Waals surface area (Å²) in [6, 6.07) is 5.66. The Labute approximate surface area is 89.9 Å². The van der Waals surface area contributed by atoms with E-state index in [4.69, 9.17) is 11.6 Å². The quantitative estimate of drug-likeness (QED) is 0.810. The van der Waals surface area contributed by atoms with Gasteiger partial charge < -0.3 is 10.4 Å². The molecule has 14 heavy (non-hydrogen) atoms. The van der Waals surface area contributed by atoms with Crippen LogP contribution in [0, 0.1) is 0 Å². The smallest absolute Gasteiger partial charge is 0.0578 e. The van der Waals surface area contributed by atoms with Gasteiger partial charge in [-0.25, -0.2) is 0 Å². The summed E-state index contributed by atoms with van der Waals surface area (Å²) in [6.07, 6.45) is -0.358. The average Bonchev–Trinajstić information content (AvgIpc) is 2.16.